The highest BCUT2D eigenvalue weighted by Crippen LogP contribution is 2.14. The molecule has 2 rings (SSSR count). The summed E-state index contributed by atoms with van der Waals surface area (Å²) >= 11 is 0. The van der Waals surface area contributed by atoms with Crippen molar-refractivity contribution in [2.75, 3.05) is 6.54 Å². The van der Waals surface area contributed by atoms with Gasteiger partial charge in [0.2, 0.25) is 5.78 Å². The van der Waals surface area contributed by atoms with Gasteiger partial charge in [-0.3, -0.25) is 24.5 Å². The Morgan fingerprint density at radius 1 is 1.03 bits per heavy atom. The van der Waals surface area contributed by atoms with Gasteiger partial charge in [-0.05, 0) is 50.1 Å². The molecule has 0 heterocycles. The zero-order valence-electron chi connectivity index (χ0n) is 16.4. The number of amides is 1. The van der Waals surface area contributed by atoms with E-state index in [1.165, 1.54) is 31.2 Å². The average Bonchev–Trinajstić information content (AvgIpc) is 2.69. The third kappa shape index (κ3) is 5.97. The van der Waals surface area contributed by atoms with Crippen molar-refractivity contribution in [2.24, 2.45) is 0 Å². The van der Waals surface area contributed by atoms with Gasteiger partial charge in [0.1, 0.15) is 0 Å². The van der Waals surface area contributed by atoms with Crippen LogP contribution in [0.15, 0.2) is 42.5 Å². The minimum atomic E-state index is -0.935. The fraction of sp³-hybridized carbons (Fsp3) is 0.286. The molecule has 0 spiro atoms. The molecule has 8 nitrogen and oxygen atoms in total. The predicted molar refractivity (Wildman–Crippen MR) is 106 cm³/mol. The van der Waals surface area contributed by atoms with Gasteiger partial charge in [0.15, 0.2) is 6.10 Å². The topological polar surface area (TPSA) is 116 Å². The molecule has 0 aromatic heterocycles. The Morgan fingerprint density at radius 2 is 1.66 bits per heavy atom. The standard InChI is InChI=1S/C21H22N2O6/c1-13-4-5-17(12-14(13)2)20(25)15(3)29-19(24)10-11-22-21(26)16-6-8-18(9-7-16)23(27)28/h4-9,12,15H,10-11H2,1-3H3,(H,22,26)/t15-/m0/s1. The van der Waals surface area contributed by atoms with Gasteiger partial charge >= 0.3 is 5.97 Å². The molecular weight excluding hydrogens is 376 g/mol. The number of nitrogens with one attached hydrogen (secondary N) is 1. The first-order chi connectivity index (χ1) is 13.7. The molecule has 1 N–H and O–H groups in total. The predicted octanol–water partition coefficient (Wildman–Crippen LogP) is 3.15. The number of carbonyl (C=O) groups is 3. The molecular formula is C21H22N2O6. The molecule has 2 aromatic carbocycles. The molecule has 0 fully saturated rings. The molecule has 1 atom stereocenters. The fourth-order valence-electron chi connectivity index (χ4n) is 2.55. The Morgan fingerprint density at radius 3 is 2.24 bits per heavy atom. The molecule has 0 unspecified atom stereocenters. The highest BCUT2D eigenvalue weighted by molar-refractivity contribution is 6.00. The minimum absolute atomic E-state index is 0.0131. The van der Waals surface area contributed by atoms with Crippen molar-refractivity contribution < 1.29 is 24.0 Å². The number of esters is 1. The highest BCUT2D eigenvalue weighted by atomic mass is 16.6. The quantitative estimate of drug-likeness (QED) is 0.316. The second-order valence-corrected chi connectivity index (χ2v) is 6.61. The SMILES string of the molecule is Cc1ccc(C(=O)[C@H](C)OC(=O)CCNC(=O)c2ccc([N+](=O)[O-])cc2)cc1C. The van der Waals surface area contributed by atoms with Crippen molar-refractivity contribution in [3.05, 3.63) is 74.8 Å². The molecule has 29 heavy (non-hydrogen) atoms. The summed E-state index contributed by atoms with van der Waals surface area (Å²) in [5.74, 6) is -1.37. The smallest absolute Gasteiger partial charge is 0.308 e. The molecule has 8 heteroatoms. The van der Waals surface area contributed by atoms with Crippen molar-refractivity contribution in [3.8, 4) is 0 Å². The maximum Gasteiger partial charge on any atom is 0.308 e. The molecule has 0 aliphatic rings. The van der Waals surface area contributed by atoms with Crippen LogP contribution < -0.4 is 5.32 Å². The molecule has 0 aliphatic carbocycles. The lowest BCUT2D eigenvalue weighted by Crippen LogP contribution is -2.29. The number of non-ortho nitro benzene ring substituents is 1. The van der Waals surface area contributed by atoms with Gasteiger partial charge in [0, 0.05) is 29.8 Å². The number of aryl methyl sites for hydroxylation is 2. The van der Waals surface area contributed by atoms with Crippen molar-refractivity contribution in [1.29, 1.82) is 0 Å². The fourth-order valence-corrected chi connectivity index (χ4v) is 2.55. The Kier molecular flexibility index (Phi) is 7.19. The van der Waals surface area contributed by atoms with E-state index in [1.54, 1.807) is 12.1 Å². The maximum absolute atomic E-state index is 12.4. The molecule has 152 valence electrons. The summed E-state index contributed by atoms with van der Waals surface area (Å²) in [6.07, 6.45) is -1.04. The van der Waals surface area contributed by atoms with Crippen LogP contribution in [0.2, 0.25) is 0 Å². The summed E-state index contributed by atoms with van der Waals surface area (Å²) in [5.41, 5.74) is 2.63. The van der Waals surface area contributed by atoms with Gasteiger partial charge in [-0.1, -0.05) is 12.1 Å². The summed E-state index contributed by atoms with van der Waals surface area (Å²) in [6.45, 7) is 5.36. The third-order valence-electron chi connectivity index (χ3n) is 4.42. The highest BCUT2D eigenvalue weighted by Gasteiger charge is 2.20. The lowest BCUT2D eigenvalue weighted by molar-refractivity contribution is -0.384. The van der Waals surface area contributed by atoms with Crippen molar-refractivity contribution >= 4 is 23.3 Å². The van der Waals surface area contributed by atoms with E-state index >= 15 is 0 Å². The summed E-state index contributed by atoms with van der Waals surface area (Å²) in [4.78, 5) is 46.4. The number of Topliss-reactive ketones (excluding diaryl/α,β-unsaturated/α-hetero) is 1. The van der Waals surface area contributed by atoms with E-state index < -0.39 is 22.9 Å². The van der Waals surface area contributed by atoms with Crippen LogP contribution in [0.5, 0.6) is 0 Å². The number of carbonyl (C=O) groups excluding carboxylic acids is 3. The van der Waals surface area contributed by atoms with E-state index in [-0.39, 0.29) is 30.0 Å². The van der Waals surface area contributed by atoms with Gasteiger partial charge in [-0.2, -0.15) is 0 Å². The third-order valence-corrected chi connectivity index (χ3v) is 4.42. The van der Waals surface area contributed by atoms with Gasteiger partial charge in [0.25, 0.3) is 11.6 Å². The van der Waals surface area contributed by atoms with Gasteiger partial charge < -0.3 is 10.1 Å². The van der Waals surface area contributed by atoms with Gasteiger partial charge in [-0.15, -0.1) is 0 Å². The summed E-state index contributed by atoms with van der Waals surface area (Å²) in [6, 6.07) is 10.4. The number of benzene rings is 2. The number of nitrogens with zero attached hydrogens (tertiary/aromatic N) is 1. The lowest BCUT2D eigenvalue weighted by Gasteiger charge is -2.13. The summed E-state index contributed by atoms with van der Waals surface area (Å²) < 4.78 is 5.15. The molecule has 2 aromatic rings. The van der Waals surface area contributed by atoms with Crippen molar-refractivity contribution in [3.63, 3.8) is 0 Å². The molecule has 0 saturated carbocycles. The number of rotatable bonds is 8. The number of hydrogen-bond donors (Lipinski definition) is 1. The van der Waals surface area contributed by atoms with Crippen molar-refractivity contribution in [2.45, 2.75) is 33.3 Å². The molecule has 0 radical (unpaired) electrons. The first-order valence-corrected chi connectivity index (χ1v) is 9.02. The first-order valence-electron chi connectivity index (χ1n) is 9.02. The number of nitro benzene ring substituents is 1. The Hall–Kier alpha value is -3.55. The van der Waals surface area contributed by atoms with E-state index in [0.29, 0.717) is 5.56 Å². The average molecular weight is 398 g/mol. The van der Waals surface area contributed by atoms with Gasteiger partial charge in [-0.25, -0.2) is 0 Å². The molecule has 0 aliphatic heterocycles. The second-order valence-electron chi connectivity index (χ2n) is 6.61. The monoisotopic (exact) mass is 398 g/mol. The summed E-state index contributed by atoms with van der Waals surface area (Å²) in [7, 11) is 0. The van der Waals surface area contributed by atoms with Crippen LogP contribution in [0.1, 0.15) is 45.2 Å². The Bertz CT molecular complexity index is 937. The van der Waals surface area contributed by atoms with E-state index in [1.807, 2.05) is 19.9 Å². The lowest BCUT2D eigenvalue weighted by atomic mass is 10.0. The van der Waals surface area contributed by atoms with Crippen LogP contribution in [-0.4, -0.2) is 35.2 Å². The molecule has 1 amide bonds. The summed E-state index contributed by atoms with van der Waals surface area (Å²) in [5, 5.41) is 13.1. The van der Waals surface area contributed by atoms with Crippen LogP contribution >= 0.6 is 0 Å². The second kappa shape index (κ2) is 9.59. The minimum Gasteiger partial charge on any atom is -0.454 e. The zero-order chi connectivity index (χ0) is 21.6. The Labute approximate surface area is 168 Å². The van der Waals surface area contributed by atoms with Crippen LogP contribution in [-0.2, 0) is 9.53 Å². The largest absolute Gasteiger partial charge is 0.454 e. The number of hydrogen-bond acceptors (Lipinski definition) is 6. The van der Waals surface area contributed by atoms with E-state index in [0.717, 1.165) is 11.1 Å². The maximum atomic E-state index is 12.4. The number of ketones is 1. The van der Waals surface area contributed by atoms with Crippen molar-refractivity contribution in [1.82, 2.24) is 5.32 Å². The Balaban J connectivity index is 1.81. The van der Waals surface area contributed by atoms with Crippen LogP contribution in [0, 0.1) is 24.0 Å². The molecule has 0 bridgehead atoms. The van der Waals surface area contributed by atoms with Crippen LogP contribution in [0.3, 0.4) is 0 Å². The van der Waals surface area contributed by atoms with Crippen LogP contribution in [0.4, 0.5) is 5.69 Å². The van der Waals surface area contributed by atoms with E-state index in [2.05, 4.69) is 5.32 Å². The van der Waals surface area contributed by atoms with E-state index in [4.69, 9.17) is 4.74 Å². The number of ether oxygens (including phenoxy) is 1. The first kappa shape index (κ1) is 21.7. The molecule has 0 saturated heterocycles. The van der Waals surface area contributed by atoms with Crippen LogP contribution in [0.25, 0.3) is 0 Å². The normalized spacial score (nSPS) is 11.4. The zero-order valence-corrected chi connectivity index (χ0v) is 16.4. The van der Waals surface area contributed by atoms with Gasteiger partial charge in [0.05, 0.1) is 11.3 Å². The number of nitro groups is 1. The van der Waals surface area contributed by atoms with E-state index in [9.17, 15) is 24.5 Å².